The Bertz CT molecular complexity index is 1150. The molecule has 6 nitrogen and oxygen atoms in total. The number of nitrogens with zero attached hydrogens (tertiary/aromatic N) is 2. The van der Waals surface area contributed by atoms with Crippen molar-refractivity contribution in [1.29, 1.82) is 0 Å². The van der Waals surface area contributed by atoms with Gasteiger partial charge in [0.05, 0.1) is 5.02 Å². The van der Waals surface area contributed by atoms with E-state index >= 15 is 0 Å². The number of sulfonamides is 1. The van der Waals surface area contributed by atoms with Crippen LogP contribution in [0.4, 0.5) is 9.52 Å². The molecule has 1 atom stereocenters. The van der Waals surface area contributed by atoms with E-state index in [0.29, 0.717) is 6.04 Å². The number of rotatable bonds is 7. The van der Waals surface area contributed by atoms with Crippen molar-refractivity contribution in [3.63, 3.8) is 0 Å². The van der Waals surface area contributed by atoms with Gasteiger partial charge in [-0.2, -0.15) is 0 Å². The minimum absolute atomic E-state index is 0.0472. The van der Waals surface area contributed by atoms with E-state index in [2.05, 4.69) is 33.7 Å². The summed E-state index contributed by atoms with van der Waals surface area (Å²) in [5.41, 5.74) is 1.26. The van der Waals surface area contributed by atoms with E-state index in [1.807, 2.05) is 18.2 Å². The number of hydrogen-bond donors (Lipinski definition) is 1. The lowest BCUT2D eigenvalue weighted by Crippen LogP contribution is -2.39. The van der Waals surface area contributed by atoms with Crippen molar-refractivity contribution in [2.75, 3.05) is 17.8 Å². The summed E-state index contributed by atoms with van der Waals surface area (Å²) < 4.78 is 47.9. The Hall–Kier alpha value is -2.20. The third kappa shape index (κ3) is 5.23. The van der Waals surface area contributed by atoms with E-state index < -0.39 is 20.7 Å². The number of nitrogens with one attached hydrogen (secondary N) is 1. The van der Waals surface area contributed by atoms with Gasteiger partial charge in [0.15, 0.2) is 5.13 Å². The molecule has 1 fully saturated rings. The number of thiazole rings is 1. The smallest absolute Gasteiger partial charge is 0.266 e. The highest BCUT2D eigenvalue weighted by molar-refractivity contribution is 7.93. The largest absolute Gasteiger partial charge is 0.489 e. The Morgan fingerprint density at radius 2 is 1.97 bits per heavy atom. The standard InChI is InChI=1S/C22H23ClFN3O3S2/c1-15(16-5-3-2-4-6-16)27-10-7-17(8-11-27)30-20-14-19(24)21(13-18(20)23)32(28,29)26-22-25-9-12-31-22/h2-6,9,12-15,17H,7-8,10-11H2,1H3,(H,25,26)/t15-/m1/s1. The van der Waals surface area contributed by atoms with Gasteiger partial charge >= 0.3 is 0 Å². The van der Waals surface area contributed by atoms with Crippen molar-refractivity contribution >= 4 is 38.1 Å². The zero-order valence-electron chi connectivity index (χ0n) is 17.4. The first-order valence-electron chi connectivity index (χ1n) is 10.2. The first-order valence-corrected chi connectivity index (χ1v) is 12.9. The molecule has 170 valence electrons. The van der Waals surface area contributed by atoms with E-state index in [1.54, 1.807) is 5.38 Å². The highest BCUT2D eigenvalue weighted by Crippen LogP contribution is 2.33. The molecule has 1 N–H and O–H groups in total. The summed E-state index contributed by atoms with van der Waals surface area (Å²) >= 11 is 7.36. The second kappa shape index (κ2) is 9.74. The fraction of sp³-hybridized carbons (Fsp3) is 0.318. The van der Waals surface area contributed by atoms with Crippen LogP contribution in [-0.4, -0.2) is 37.5 Å². The topological polar surface area (TPSA) is 71.5 Å². The number of piperidine rings is 1. The van der Waals surface area contributed by atoms with Gasteiger partial charge < -0.3 is 4.74 Å². The summed E-state index contributed by atoms with van der Waals surface area (Å²) in [6.07, 6.45) is 2.86. The Morgan fingerprint density at radius 3 is 2.62 bits per heavy atom. The molecule has 0 unspecified atom stereocenters. The van der Waals surface area contributed by atoms with Gasteiger partial charge in [0.1, 0.15) is 22.6 Å². The van der Waals surface area contributed by atoms with Crippen LogP contribution in [0.25, 0.3) is 0 Å². The fourth-order valence-electron chi connectivity index (χ4n) is 3.75. The van der Waals surface area contributed by atoms with E-state index in [1.165, 1.54) is 11.8 Å². The average molecular weight is 496 g/mol. The van der Waals surface area contributed by atoms with Gasteiger partial charge in [0.25, 0.3) is 10.0 Å². The number of likely N-dealkylation sites (tertiary alicyclic amines) is 1. The highest BCUT2D eigenvalue weighted by Gasteiger charge is 2.27. The molecular weight excluding hydrogens is 473 g/mol. The van der Waals surface area contributed by atoms with Crippen LogP contribution in [0.3, 0.4) is 0 Å². The molecule has 0 aliphatic carbocycles. The molecule has 1 aliphatic heterocycles. The lowest BCUT2D eigenvalue weighted by Gasteiger charge is -2.36. The molecule has 2 aromatic carbocycles. The van der Waals surface area contributed by atoms with Crippen molar-refractivity contribution < 1.29 is 17.5 Å². The monoisotopic (exact) mass is 495 g/mol. The predicted molar refractivity (Wildman–Crippen MR) is 124 cm³/mol. The van der Waals surface area contributed by atoms with Crippen molar-refractivity contribution in [1.82, 2.24) is 9.88 Å². The predicted octanol–water partition coefficient (Wildman–Crippen LogP) is 5.34. The molecule has 0 bridgehead atoms. The summed E-state index contributed by atoms with van der Waals surface area (Å²) in [6, 6.07) is 12.7. The third-order valence-corrected chi connectivity index (χ3v) is 8.00. The molecule has 1 saturated heterocycles. The Labute approximate surface area is 196 Å². The van der Waals surface area contributed by atoms with Crippen molar-refractivity contribution in [2.24, 2.45) is 0 Å². The quantitative estimate of drug-likeness (QED) is 0.479. The molecule has 1 aromatic heterocycles. The van der Waals surface area contributed by atoms with E-state index in [0.717, 1.165) is 49.4 Å². The lowest BCUT2D eigenvalue weighted by atomic mass is 10.0. The molecular formula is C22H23ClFN3O3S2. The zero-order chi connectivity index (χ0) is 22.7. The number of halogens is 2. The van der Waals surface area contributed by atoms with E-state index in [4.69, 9.17) is 16.3 Å². The maximum absolute atomic E-state index is 14.7. The van der Waals surface area contributed by atoms with E-state index in [-0.39, 0.29) is 22.0 Å². The fourth-order valence-corrected chi connectivity index (χ4v) is 5.90. The molecule has 2 heterocycles. The normalized spacial score (nSPS) is 16.6. The number of aromatic nitrogens is 1. The molecule has 0 spiro atoms. The Balaban J connectivity index is 1.40. The van der Waals surface area contributed by atoms with Crippen LogP contribution in [0, 0.1) is 5.82 Å². The molecule has 10 heteroatoms. The van der Waals surface area contributed by atoms with Crippen LogP contribution in [0.2, 0.25) is 5.02 Å². The van der Waals surface area contributed by atoms with Crippen LogP contribution in [0.1, 0.15) is 31.4 Å². The van der Waals surface area contributed by atoms with Gasteiger partial charge in [0, 0.05) is 36.8 Å². The summed E-state index contributed by atoms with van der Waals surface area (Å²) in [4.78, 5) is 5.70. The number of benzene rings is 2. The summed E-state index contributed by atoms with van der Waals surface area (Å²) in [7, 11) is -4.15. The molecule has 32 heavy (non-hydrogen) atoms. The maximum atomic E-state index is 14.7. The van der Waals surface area contributed by atoms with E-state index in [9.17, 15) is 12.8 Å². The third-order valence-electron chi connectivity index (χ3n) is 5.53. The zero-order valence-corrected chi connectivity index (χ0v) is 19.8. The Kier molecular flexibility index (Phi) is 6.99. The number of anilines is 1. The molecule has 0 saturated carbocycles. The van der Waals surface area contributed by atoms with Crippen LogP contribution in [-0.2, 0) is 10.0 Å². The highest BCUT2D eigenvalue weighted by atomic mass is 35.5. The second-order valence-electron chi connectivity index (χ2n) is 7.60. The van der Waals surface area contributed by atoms with Crippen molar-refractivity contribution in [3.8, 4) is 5.75 Å². The average Bonchev–Trinajstić information content (AvgIpc) is 3.29. The van der Waals surface area contributed by atoms with Crippen LogP contribution < -0.4 is 9.46 Å². The first kappa shape index (κ1) is 23.0. The minimum Gasteiger partial charge on any atom is -0.489 e. The summed E-state index contributed by atoms with van der Waals surface area (Å²) in [6.45, 7) is 3.86. The Morgan fingerprint density at radius 1 is 1.25 bits per heavy atom. The second-order valence-corrected chi connectivity index (χ2v) is 10.5. The van der Waals surface area contributed by atoms with Gasteiger partial charge in [-0.15, -0.1) is 11.3 Å². The molecule has 4 rings (SSSR count). The number of ether oxygens (including phenoxy) is 1. The molecule has 1 aliphatic rings. The van der Waals surface area contributed by atoms with Crippen LogP contribution >= 0.6 is 22.9 Å². The van der Waals surface area contributed by atoms with Crippen LogP contribution in [0.5, 0.6) is 5.75 Å². The molecule has 3 aromatic rings. The summed E-state index contributed by atoms with van der Waals surface area (Å²) in [5.74, 6) is -0.782. The maximum Gasteiger partial charge on any atom is 0.266 e. The van der Waals surface area contributed by atoms with Gasteiger partial charge in [-0.1, -0.05) is 41.9 Å². The van der Waals surface area contributed by atoms with Gasteiger partial charge in [0.2, 0.25) is 0 Å². The van der Waals surface area contributed by atoms with Crippen molar-refractivity contribution in [2.45, 2.75) is 36.8 Å². The van der Waals surface area contributed by atoms with Gasteiger partial charge in [-0.05, 0) is 31.4 Å². The number of hydrogen-bond acceptors (Lipinski definition) is 6. The van der Waals surface area contributed by atoms with Crippen LogP contribution in [0.15, 0.2) is 58.9 Å². The molecule has 0 radical (unpaired) electrons. The first-order chi connectivity index (χ1) is 15.3. The summed E-state index contributed by atoms with van der Waals surface area (Å²) in [5, 5.41) is 1.81. The minimum atomic E-state index is -4.15. The van der Waals surface area contributed by atoms with Gasteiger partial charge in [-0.3, -0.25) is 9.62 Å². The molecule has 0 amide bonds. The van der Waals surface area contributed by atoms with Crippen molar-refractivity contribution in [3.05, 3.63) is 70.4 Å². The lowest BCUT2D eigenvalue weighted by molar-refractivity contribution is 0.0795. The SMILES string of the molecule is C[C@H](c1ccccc1)N1CCC(Oc2cc(F)c(S(=O)(=O)Nc3nccs3)cc2Cl)CC1. The van der Waals surface area contributed by atoms with Gasteiger partial charge in [-0.25, -0.2) is 17.8 Å².